The standard InChI is InChI=1S/C20H27N3O3/c1-14(2)18(25)22-12-20(13-22)11-21(9-16-8-17(24)10-23(16)20)19(26)15-6-4-3-5-7-15/h3-7,14,16-17,24H,8-13H2,1-2H3/t16-,17+/m0/s1. The second kappa shape index (κ2) is 6.35. The molecular weight excluding hydrogens is 330 g/mol. The highest BCUT2D eigenvalue weighted by Crippen LogP contribution is 2.39. The Labute approximate surface area is 154 Å². The van der Waals surface area contributed by atoms with Crippen LogP contribution >= 0.6 is 0 Å². The Morgan fingerprint density at radius 2 is 1.73 bits per heavy atom. The van der Waals surface area contributed by atoms with Crippen LogP contribution in [0.1, 0.15) is 30.6 Å². The van der Waals surface area contributed by atoms with Crippen molar-refractivity contribution in [1.29, 1.82) is 0 Å². The summed E-state index contributed by atoms with van der Waals surface area (Å²) in [6, 6.07) is 9.53. The second-order valence-electron chi connectivity index (χ2n) is 8.32. The molecule has 2 amide bonds. The molecule has 1 aromatic carbocycles. The van der Waals surface area contributed by atoms with Crippen LogP contribution in [0.3, 0.4) is 0 Å². The summed E-state index contributed by atoms with van der Waals surface area (Å²) < 4.78 is 0. The van der Waals surface area contributed by atoms with E-state index in [0.29, 0.717) is 44.7 Å². The number of aliphatic hydroxyl groups is 1. The predicted octanol–water partition coefficient (Wildman–Crippen LogP) is 0.815. The van der Waals surface area contributed by atoms with Gasteiger partial charge in [0.1, 0.15) is 0 Å². The van der Waals surface area contributed by atoms with Crippen molar-refractivity contribution in [2.24, 2.45) is 5.92 Å². The number of nitrogens with zero attached hydrogens (tertiary/aromatic N) is 3. The molecule has 0 unspecified atom stereocenters. The normalized spacial score (nSPS) is 27.5. The van der Waals surface area contributed by atoms with Gasteiger partial charge in [0.15, 0.2) is 0 Å². The van der Waals surface area contributed by atoms with Crippen LogP contribution < -0.4 is 0 Å². The summed E-state index contributed by atoms with van der Waals surface area (Å²) in [6.07, 6.45) is 0.344. The summed E-state index contributed by atoms with van der Waals surface area (Å²) in [5.41, 5.74) is 0.485. The Bertz CT molecular complexity index is 700. The highest BCUT2D eigenvalue weighted by atomic mass is 16.3. The third-order valence-corrected chi connectivity index (χ3v) is 6.00. The molecule has 6 heteroatoms. The summed E-state index contributed by atoms with van der Waals surface area (Å²) in [4.78, 5) is 31.5. The van der Waals surface area contributed by atoms with E-state index in [1.807, 2.05) is 54.0 Å². The van der Waals surface area contributed by atoms with Gasteiger partial charge in [-0.3, -0.25) is 14.5 Å². The molecule has 0 aliphatic carbocycles. The Balaban J connectivity index is 1.55. The van der Waals surface area contributed by atoms with Crippen LogP contribution in [0.4, 0.5) is 0 Å². The number of piperazine rings is 1. The van der Waals surface area contributed by atoms with Crippen LogP contribution in [0.5, 0.6) is 0 Å². The molecule has 26 heavy (non-hydrogen) atoms. The van der Waals surface area contributed by atoms with E-state index in [1.54, 1.807) is 0 Å². The Hall–Kier alpha value is -1.92. The molecule has 3 fully saturated rings. The maximum absolute atomic E-state index is 13.0. The molecule has 140 valence electrons. The number of hydrogen-bond acceptors (Lipinski definition) is 4. The molecule has 0 bridgehead atoms. The SMILES string of the molecule is CC(C)C(=O)N1CC2(CN(C(=O)c3ccccc3)C[C@@H]3C[C@@H](O)CN32)C1. The van der Waals surface area contributed by atoms with E-state index >= 15 is 0 Å². The van der Waals surface area contributed by atoms with Crippen LogP contribution in [0.2, 0.25) is 0 Å². The molecule has 3 heterocycles. The van der Waals surface area contributed by atoms with Crippen molar-refractivity contribution in [2.75, 3.05) is 32.7 Å². The zero-order chi connectivity index (χ0) is 18.5. The third kappa shape index (κ3) is 2.81. The zero-order valence-electron chi connectivity index (χ0n) is 15.5. The van der Waals surface area contributed by atoms with E-state index in [-0.39, 0.29) is 35.4 Å². The minimum Gasteiger partial charge on any atom is -0.392 e. The van der Waals surface area contributed by atoms with Gasteiger partial charge in [-0.15, -0.1) is 0 Å². The van der Waals surface area contributed by atoms with Crippen molar-refractivity contribution < 1.29 is 14.7 Å². The lowest BCUT2D eigenvalue weighted by atomic mass is 9.83. The maximum atomic E-state index is 13.0. The molecule has 2 atom stereocenters. The summed E-state index contributed by atoms with van der Waals surface area (Å²) in [7, 11) is 0. The summed E-state index contributed by atoms with van der Waals surface area (Å²) in [5.74, 6) is 0.191. The number of amides is 2. The van der Waals surface area contributed by atoms with Gasteiger partial charge in [0.25, 0.3) is 5.91 Å². The highest BCUT2D eigenvalue weighted by Gasteiger charge is 2.57. The quantitative estimate of drug-likeness (QED) is 0.851. The van der Waals surface area contributed by atoms with Crippen molar-refractivity contribution in [3.63, 3.8) is 0 Å². The smallest absolute Gasteiger partial charge is 0.253 e. The fourth-order valence-electron chi connectivity index (χ4n) is 4.80. The molecule has 0 radical (unpaired) electrons. The molecule has 1 aromatic rings. The van der Waals surface area contributed by atoms with E-state index in [1.165, 1.54) is 0 Å². The summed E-state index contributed by atoms with van der Waals surface area (Å²) >= 11 is 0. The lowest BCUT2D eigenvalue weighted by Crippen LogP contribution is -2.79. The summed E-state index contributed by atoms with van der Waals surface area (Å²) in [6.45, 7) is 7.03. The van der Waals surface area contributed by atoms with Crippen molar-refractivity contribution in [1.82, 2.24) is 14.7 Å². The first kappa shape index (κ1) is 17.5. The monoisotopic (exact) mass is 357 g/mol. The molecule has 3 aliphatic rings. The van der Waals surface area contributed by atoms with Crippen molar-refractivity contribution in [2.45, 2.75) is 38.0 Å². The predicted molar refractivity (Wildman–Crippen MR) is 97.6 cm³/mol. The van der Waals surface area contributed by atoms with Crippen LogP contribution in [-0.4, -0.2) is 82.0 Å². The van der Waals surface area contributed by atoms with E-state index in [0.717, 1.165) is 0 Å². The molecule has 0 saturated carbocycles. The number of hydrogen-bond donors (Lipinski definition) is 1. The number of aliphatic hydroxyl groups excluding tert-OH is 1. The average molecular weight is 357 g/mol. The molecule has 4 rings (SSSR count). The minimum absolute atomic E-state index is 0.0158. The van der Waals surface area contributed by atoms with E-state index in [9.17, 15) is 14.7 Å². The van der Waals surface area contributed by atoms with Crippen LogP contribution in [0.15, 0.2) is 30.3 Å². The van der Waals surface area contributed by atoms with Gasteiger partial charge < -0.3 is 14.9 Å². The van der Waals surface area contributed by atoms with Gasteiger partial charge in [-0.05, 0) is 18.6 Å². The van der Waals surface area contributed by atoms with Crippen molar-refractivity contribution in [3.05, 3.63) is 35.9 Å². The number of carbonyl (C=O) groups excluding carboxylic acids is 2. The van der Waals surface area contributed by atoms with Crippen LogP contribution in [-0.2, 0) is 4.79 Å². The topological polar surface area (TPSA) is 64.1 Å². The number of carbonyl (C=O) groups is 2. The van der Waals surface area contributed by atoms with E-state index in [4.69, 9.17) is 0 Å². The molecule has 3 saturated heterocycles. The number of likely N-dealkylation sites (tertiary alicyclic amines) is 1. The third-order valence-electron chi connectivity index (χ3n) is 6.00. The fraction of sp³-hybridized carbons (Fsp3) is 0.600. The van der Waals surface area contributed by atoms with Gasteiger partial charge in [-0.25, -0.2) is 0 Å². The second-order valence-corrected chi connectivity index (χ2v) is 8.32. The van der Waals surface area contributed by atoms with E-state index < -0.39 is 0 Å². The first-order valence-electron chi connectivity index (χ1n) is 9.47. The fourth-order valence-corrected chi connectivity index (χ4v) is 4.80. The van der Waals surface area contributed by atoms with Gasteiger partial charge in [0, 0.05) is 50.2 Å². The van der Waals surface area contributed by atoms with E-state index in [2.05, 4.69) is 4.90 Å². The molecule has 1 spiro atoms. The molecular formula is C20H27N3O3. The first-order valence-corrected chi connectivity index (χ1v) is 9.47. The minimum atomic E-state index is -0.349. The number of rotatable bonds is 2. The van der Waals surface area contributed by atoms with Gasteiger partial charge in [-0.1, -0.05) is 32.0 Å². The van der Waals surface area contributed by atoms with Crippen LogP contribution in [0, 0.1) is 5.92 Å². The van der Waals surface area contributed by atoms with Gasteiger partial charge >= 0.3 is 0 Å². The number of benzene rings is 1. The Kier molecular flexibility index (Phi) is 4.28. The van der Waals surface area contributed by atoms with Crippen LogP contribution in [0.25, 0.3) is 0 Å². The highest BCUT2D eigenvalue weighted by molar-refractivity contribution is 5.94. The maximum Gasteiger partial charge on any atom is 0.253 e. The molecule has 3 aliphatic heterocycles. The van der Waals surface area contributed by atoms with Gasteiger partial charge in [0.2, 0.25) is 5.91 Å². The lowest BCUT2D eigenvalue weighted by Gasteiger charge is -2.61. The number of β-amino-alcohol motifs (C(OH)–C–C–N with tert-alkyl or cyclic N) is 1. The summed E-state index contributed by atoms with van der Waals surface area (Å²) in [5, 5.41) is 10.2. The number of fused-ring (bicyclic) bond motifs is 2. The largest absolute Gasteiger partial charge is 0.392 e. The van der Waals surface area contributed by atoms with Crippen molar-refractivity contribution >= 4 is 11.8 Å². The first-order chi connectivity index (χ1) is 12.4. The lowest BCUT2D eigenvalue weighted by molar-refractivity contribution is -0.157. The molecule has 6 nitrogen and oxygen atoms in total. The Morgan fingerprint density at radius 1 is 1.08 bits per heavy atom. The molecule has 0 aromatic heterocycles. The zero-order valence-corrected chi connectivity index (χ0v) is 15.5. The van der Waals surface area contributed by atoms with Gasteiger partial charge in [0.05, 0.1) is 11.6 Å². The average Bonchev–Trinajstić information content (AvgIpc) is 2.98. The Morgan fingerprint density at radius 3 is 2.38 bits per heavy atom. The molecule has 1 N–H and O–H groups in total. The van der Waals surface area contributed by atoms with Gasteiger partial charge in [-0.2, -0.15) is 0 Å². The van der Waals surface area contributed by atoms with Crippen molar-refractivity contribution in [3.8, 4) is 0 Å².